The highest BCUT2D eigenvalue weighted by Gasteiger charge is 2.08. The SMILES string of the molecule is Cc1ccc(CC(C)N)cc1Oc1cc(Cl)ccc1Cl. The van der Waals surface area contributed by atoms with Crippen LogP contribution in [-0.4, -0.2) is 6.04 Å². The van der Waals surface area contributed by atoms with E-state index in [0.717, 1.165) is 23.3 Å². The molecule has 1 unspecified atom stereocenters. The molecular weight excluding hydrogens is 293 g/mol. The zero-order chi connectivity index (χ0) is 14.7. The number of hydrogen-bond donors (Lipinski definition) is 1. The molecule has 2 N–H and O–H groups in total. The smallest absolute Gasteiger partial charge is 0.147 e. The Labute approximate surface area is 129 Å². The molecule has 0 radical (unpaired) electrons. The minimum absolute atomic E-state index is 0.111. The van der Waals surface area contributed by atoms with Gasteiger partial charge in [-0.05, 0) is 49.6 Å². The van der Waals surface area contributed by atoms with E-state index in [-0.39, 0.29) is 6.04 Å². The summed E-state index contributed by atoms with van der Waals surface area (Å²) in [6.07, 6.45) is 0.805. The summed E-state index contributed by atoms with van der Waals surface area (Å²) in [5.74, 6) is 1.33. The highest BCUT2D eigenvalue weighted by molar-refractivity contribution is 6.34. The molecule has 0 heterocycles. The van der Waals surface area contributed by atoms with Gasteiger partial charge in [-0.25, -0.2) is 0 Å². The number of ether oxygens (including phenoxy) is 1. The van der Waals surface area contributed by atoms with Crippen molar-refractivity contribution in [2.45, 2.75) is 26.3 Å². The van der Waals surface area contributed by atoms with Gasteiger partial charge in [0.15, 0.2) is 0 Å². The summed E-state index contributed by atoms with van der Waals surface area (Å²) in [5.41, 5.74) is 8.00. The van der Waals surface area contributed by atoms with Crippen LogP contribution in [0.25, 0.3) is 0 Å². The summed E-state index contributed by atoms with van der Waals surface area (Å²) in [6, 6.07) is 11.4. The summed E-state index contributed by atoms with van der Waals surface area (Å²) in [4.78, 5) is 0. The maximum absolute atomic E-state index is 6.12. The fraction of sp³-hybridized carbons (Fsp3) is 0.250. The first-order chi connectivity index (χ1) is 9.45. The lowest BCUT2D eigenvalue weighted by atomic mass is 10.1. The van der Waals surface area contributed by atoms with Gasteiger partial charge in [0.05, 0.1) is 5.02 Å². The lowest BCUT2D eigenvalue weighted by Crippen LogP contribution is -2.17. The molecular formula is C16H17Cl2NO. The van der Waals surface area contributed by atoms with Crippen LogP contribution in [0, 0.1) is 6.92 Å². The Bertz CT molecular complexity index is 611. The molecule has 4 heteroatoms. The Morgan fingerprint density at radius 2 is 1.85 bits per heavy atom. The average molecular weight is 310 g/mol. The van der Waals surface area contributed by atoms with E-state index in [9.17, 15) is 0 Å². The number of hydrogen-bond acceptors (Lipinski definition) is 2. The molecule has 0 aliphatic heterocycles. The van der Waals surface area contributed by atoms with E-state index < -0.39 is 0 Å². The molecule has 0 aliphatic carbocycles. The molecule has 0 fully saturated rings. The number of aryl methyl sites for hydroxylation is 1. The second kappa shape index (κ2) is 6.49. The lowest BCUT2D eigenvalue weighted by molar-refractivity contribution is 0.478. The van der Waals surface area contributed by atoms with Crippen molar-refractivity contribution in [1.29, 1.82) is 0 Å². The predicted octanol–water partition coefficient (Wildman–Crippen LogP) is 4.98. The van der Waals surface area contributed by atoms with Crippen molar-refractivity contribution in [2.75, 3.05) is 0 Å². The second-order valence-electron chi connectivity index (χ2n) is 4.96. The normalized spacial score (nSPS) is 12.2. The number of nitrogens with two attached hydrogens (primary N) is 1. The highest BCUT2D eigenvalue weighted by atomic mass is 35.5. The molecule has 0 aliphatic rings. The Balaban J connectivity index is 2.30. The largest absolute Gasteiger partial charge is 0.455 e. The van der Waals surface area contributed by atoms with Crippen LogP contribution < -0.4 is 10.5 Å². The van der Waals surface area contributed by atoms with Crippen LogP contribution >= 0.6 is 23.2 Å². The molecule has 0 spiro atoms. The first-order valence-corrected chi connectivity index (χ1v) is 7.19. The van der Waals surface area contributed by atoms with Crippen molar-refractivity contribution < 1.29 is 4.74 Å². The first kappa shape index (κ1) is 15.2. The van der Waals surface area contributed by atoms with Crippen LogP contribution in [0.4, 0.5) is 0 Å². The van der Waals surface area contributed by atoms with Crippen LogP contribution in [0.2, 0.25) is 10.0 Å². The molecule has 2 aromatic carbocycles. The quantitative estimate of drug-likeness (QED) is 0.864. The Hall–Kier alpha value is -1.22. The van der Waals surface area contributed by atoms with Gasteiger partial charge in [-0.1, -0.05) is 35.3 Å². The van der Waals surface area contributed by atoms with Crippen molar-refractivity contribution in [1.82, 2.24) is 0 Å². The van der Waals surface area contributed by atoms with Crippen molar-refractivity contribution in [2.24, 2.45) is 5.73 Å². The minimum atomic E-state index is 0.111. The third kappa shape index (κ3) is 3.89. The molecule has 0 bridgehead atoms. The van der Waals surface area contributed by atoms with Crippen molar-refractivity contribution in [3.63, 3.8) is 0 Å². The van der Waals surface area contributed by atoms with Crippen LogP contribution in [0.1, 0.15) is 18.1 Å². The first-order valence-electron chi connectivity index (χ1n) is 6.43. The highest BCUT2D eigenvalue weighted by Crippen LogP contribution is 2.33. The summed E-state index contributed by atoms with van der Waals surface area (Å²) >= 11 is 12.1. The van der Waals surface area contributed by atoms with E-state index in [1.165, 1.54) is 0 Å². The molecule has 2 rings (SSSR count). The zero-order valence-corrected chi connectivity index (χ0v) is 13.0. The molecule has 20 heavy (non-hydrogen) atoms. The van der Waals surface area contributed by atoms with Gasteiger partial charge < -0.3 is 10.5 Å². The van der Waals surface area contributed by atoms with Gasteiger partial charge in [0, 0.05) is 17.1 Å². The molecule has 1 atom stereocenters. The zero-order valence-electron chi connectivity index (χ0n) is 11.5. The molecule has 2 nitrogen and oxygen atoms in total. The van der Waals surface area contributed by atoms with Crippen LogP contribution in [-0.2, 0) is 6.42 Å². The number of rotatable bonds is 4. The van der Waals surface area contributed by atoms with Crippen LogP contribution in [0.3, 0.4) is 0 Å². The van der Waals surface area contributed by atoms with E-state index >= 15 is 0 Å². The van der Waals surface area contributed by atoms with E-state index in [4.69, 9.17) is 33.7 Å². The lowest BCUT2D eigenvalue weighted by Gasteiger charge is -2.13. The molecule has 0 amide bonds. The molecule has 0 aromatic heterocycles. The second-order valence-corrected chi connectivity index (χ2v) is 5.80. The summed E-state index contributed by atoms with van der Waals surface area (Å²) < 4.78 is 5.89. The summed E-state index contributed by atoms with van der Waals surface area (Å²) in [7, 11) is 0. The maximum Gasteiger partial charge on any atom is 0.147 e. The van der Waals surface area contributed by atoms with Gasteiger partial charge in [0.1, 0.15) is 11.5 Å². The van der Waals surface area contributed by atoms with E-state index in [1.807, 2.05) is 26.0 Å². The van der Waals surface area contributed by atoms with Crippen molar-refractivity contribution in [3.8, 4) is 11.5 Å². The monoisotopic (exact) mass is 309 g/mol. The topological polar surface area (TPSA) is 35.2 Å². The van der Waals surface area contributed by atoms with Crippen molar-refractivity contribution in [3.05, 3.63) is 57.6 Å². The molecule has 2 aromatic rings. The van der Waals surface area contributed by atoms with Crippen LogP contribution in [0.5, 0.6) is 11.5 Å². The summed E-state index contributed by atoms with van der Waals surface area (Å²) in [6.45, 7) is 3.97. The molecule has 0 saturated heterocycles. The van der Waals surface area contributed by atoms with Crippen LogP contribution in [0.15, 0.2) is 36.4 Å². The Morgan fingerprint density at radius 1 is 1.10 bits per heavy atom. The van der Waals surface area contributed by atoms with Gasteiger partial charge in [-0.15, -0.1) is 0 Å². The van der Waals surface area contributed by atoms with Gasteiger partial charge in [0.25, 0.3) is 0 Å². The van der Waals surface area contributed by atoms with E-state index in [0.29, 0.717) is 15.8 Å². The van der Waals surface area contributed by atoms with Crippen molar-refractivity contribution >= 4 is 23.2 Å². The third-order valence-electron chi connectivity index (χ3n) is 2.92. The van der Waals surface area contributed by atoms with E-state index in [1.54, 1.807) is 18.2 Å². The maximum atomic E-state index is 6.12. The standard InChI is InChI=1S/C16H17Cl2NO/c1-10-3-4-12(7-11(2)19)8-15(10)20-16-9-13(17)5-6-14(16)18/h3-6,8-9,11H,7,19H2,1-2H3. The van der Waals surface area contributed by atoms with Gasteiger partial charge in [-0.2, -0.15) is 0 Å². The fourth-order valence-corrected chi connectivity index (χ4v) is 2.25. The Morgan fingerprint density at radius 3 is 2.55 bits per heavy atom. The molecule has 106 valence electrons. The predicted molar refractivity (Wildman–Crippen MR) is 85.1 cm³/mol. The fourth-order valence-electron chi connectivity index (χ4n) is 1.93. The Kier molecular flexibility index (Phi) is 4.92. The van der Waals surface area contributed by atoms with Gasteiger partial charge >= 0.3 is 0 Å². The summed E-state index contributed by atoms with van der Waals surface area (Å²) in [5, 5.41) is 1.13. The number of halogens is 2. The average Bonchev–Trinajstić information content (AvgIpc) is 2.37. The van der Waals surface area contributed by atoms with E-state index in [2.05, 4.69) is 6.07 Å². The molecule has 0 saturated carbocycles. The van der Waals surface area contributed by atoms with Gasteiger partial charge in [-0.3, -0.25) is 0 Å². The third-order valence-corrected chi connectivity index (χ3v) is 3.47. The number of benzene rings is 2. The minimum Gasteiger partial charge on any atom is -0.455 e. The van der Waals surface area contributed by atoms with Gasteiger partial charge in [0.2, 0.25) is 0 Å².